The van der Waals surface area contributed by atoms with E-state index in [0.29, 0.717) is 28.6 Å². The van der Waals surface area contributed by atoms with Gasteiger partial charge in [-0.1, -0.05) is 17.7 Å². The summed E-state index contributed by atoms with van der Waals surface area (Å²) in [6.45, 7) is 3.45. The van der Waals surface area contributed by atoms with E-state index in [-0.39, 0.29) is 11.3 Å². The molecule has 0 heterocycles. The Kier molecular flexibility index (Phi) is 6.98. The van der Waals surface area contributed by atoms with Crippen LogP contribution in [-0.4, -0.2) is 18.5 Å². The average Bonchev–Trinajstić information content (AvgIpc) is 2.63. The number of hydrogen-bond acceptors (Lipinski definition) is 5. The molecule has 27 heavy (non-hydrogen) atoms. The second-order valence-corrected chi connectivity index (χ2v) is 5.80. The van der Waals surface area contributed by atoms with Crippen molar-refractivity contribution >= 4 is 35.2 Å². The number of anilines is 1. The van der Waals surface area contributed by atoms with Crippen LogP contribution in [-0.2, 0) is 9.59 Å². The first-order valence-corrected chi connectivity index (χ1v) is 8.44. The van der Waals surface area contributed by atoms with Gasteiger partial charge in [-0.2, -0.15) is 5.26 Å². The number of rotatable bonds is 6. The van der Waals surface area contributed by atoms with Gasteiger partial charge in [0.2, 0.25) is 0 Å². The van der Waals surface area contributed by atoms with Crippen LogP contribution in [0.15, 0.2) is 48.0 Å². The van der Waals surface area contributed by atoms with Crippen molar-refractivity contribution in [3.8, 4) is 17.6 Å². The number of esters is 1. The van der Waals surface area contributed by atoms with Crippen LogP contribution in [0.2, 0.25) is 5.02 Å². The molecule has 2 aromatic carbocycles. The van der Waals surface area contributed by atoms with E-state index in [2.05, 4.69) is 5.32 Å². The molecule has 0 aliphatic heterocycles. The highest BCUT2D eigenvalue weighted by molar-refractivity contribution is 6.30. The van der Waals surface area contributed by atoms with Crippen LogP contribution in [0.25, 0.3) is 6.08 Å². The number of amides is 1. The molecule has 2 rings (SSSR count). The fraction of sp³-hybridized carbons (Fsp3) is 0.150. The molecule has 6 nitrogen and oxygen atoms in total. The summed E-state index contributed by atoms with van der Waals surface area (Å²) in [5, 5.41) is 12.5. The highest BCUT2D eigenvalue weighted by atomic mass is 35.5. The topological polar surface area (TPSA) is 88.4 Å². The van der Waals surface area contributed by atoms with E-state index in [1.165, 1.54) is 13.0 Å². The maximum Gasteiger partial charge on any atom is 0.308 e. The lowest BCUT2D eigenvalue weighted by molar-refractivity contribution is -0.132. The van der Waals surface area contributed by atoms with E-state index in [1.54, 1.807) is 49.4 Å². The third-order valence-electron chi connectivity index (χ3n) is 3.30. The maximum atomic E-state index is 12.3. The van der Waals surface area contributed by atoms with E-state index in [1.807, 2.05) is 6.07 Å². The van der Waals surface area contributed by atoms with Gasteiger partial charge in [0.1, 0.15) is 11.6 Å². The number of nitrogens with zero attached hydrogens (tertiary/aromatic N) is 1. The lowest BCUT2D eigenvalue weighted by atomic mass is 10.1. The molecule has 2 aromatic rings. The molecule has 0 bridgehead atoms. The van der Waals surface area contributed by atoms with Gasteiger partial charge in [-0.25, -0.2) is 0 Å². The number of nitriles is 1. The zero-order valence-corrected chi connectivity index (χ0v) is 15.5. The Morgan fingerprint density at radius 1 is 1.19 bits per heavy atom. The van der Waals surface area contributed by atoms with Gasteiger partial charge in [-0.15, -0.1) is 0 Å². The number of nitrogens with one attached hydrogen (secondary N) is 1. The van der Waals surface area contributed by atoms with Gasteiger partial charge in [-0.05, 0) is 55.0 Å². The fourth-order valence-corrected chi connectivity index (χ4v) is 2.29. The largest absolute Gasteiger partial charge is 0.490 e. The average molecular weight is 385 g/mol. The Morgan fingerprint density at radius 3 is 2.48 bits per heavy atom. The number of carbonyl (C=O) groups is 2. The number of carbonyl (C=O) groups excluding carboxylic acids is 2. The number of halogens is 1. The lowest BCUT2D eigenvalue weighted by Gasteiger charge is -2.10. The molecule has 1 amide bonds. The SMILES string of the molecule is CCOc1cc(C=C(C#N)C(=O)Nc2ccc(Cl)cc2)ccc1OC(C)=O. The van der Waals surface area contributed by atoms with Gasteiger partial charge in [0, 0.05) is 17.6 Å². The summed E-state index contributed by atoms with van der Waals surface area (Å²) in [5.74, 6) is -0.413. The van der Waals surface area contributed by atoms with Crippen molar-refractivity contribution in [1.82, 2.24) is 0 Å². The van der Waals surface area contributed by atoms with Gasteiger partial charge in [0.05, 0.1) is 6.61 Å². The van der Waals surface area contributed by atoms with Gasteiger partial charge in [0.15, 0.2) is 11.5 Å². The van der Waals surface area contributed by atoms with Crippen LogP contribution in [0.4, 0.5) is 5.69 Å². The van der Waals surface area contributed by atoms with Gasteiger partial charge in [-0.3, -0.25) is 9.59 Å². The summed E-state index contributed by atoms with van der Waals surface area (Å²) in [4.78, 5) is 23.5. The molecule has 0 saturated heterocycles. The van der Waals surface area contributed by atoms with E-state index < -0.39 is 11.9 Å². The quantitative estimate of drug-likeness (QED) is 0.349. The second-order valence-electron chi connectivity index (χ2n) is 5.36. The van der Waals surface area contributed by atoms with Crippen molar-refractivity contribution in [2.45, 2.75) is 13.8 Å². The molecule has 7 heteroatoms. The van der Waals surface area contributed by atoms with Crippen molar-refractivity contribution in [3.05, 3.63) is 58.6 Å². The van der Waals surface area contributed by atoms with E-state index >= 15 is 0 Å². The first kappa shape index (κ1) is 20.0. The molecule has 0 saturated carbocycles. The first-order valence-electron chi connectivity index (χ1n) is 8.07. The third-order valence-corrected chi connectivity index (χ3v) is 3.55. The maximum absolute atomic E-state index is 12.3. The normalized spacial score (nSPS) is 10.7. The molecule has 0 unspecified atom stereocenters. The highest BCUT2D eigenvalue weighted by Gasteiger charge is 2.12. The fourth-order valence-electron chi connectivity index (χ4n) is 2.17. The first-order chi connectivity index (χ1) is 12.9. The smallest absolute Gasteiger partial charge is 0.308 e. The minimum absolute atomic E-state index is 0.0902. The molecule has 0 spiro atoms. The predicted molar refractivity (Wildman–Crippen MR) is 103 cm³/mol. The Labute approximate surface area is 162 Å². The molecule has 1 N–H and O–H groups in total. The van der Waals surface area contributed by atoms with E-state index in [0.717, 1.165) is 0 Å². The Hall–Kier alpha value is -3.30. The summed E-state index contributed by atoms with van der Waals surface area (Å²) in [6, 6.07) is 13.2. The molecule has 0 aliphatic rings. The molecule has 0 fully saturated rings. The van der Waals surface area contributed by atoms with Crippen LogP contribution in [0, 0.1) is 11.3 Å². The van der Waals surface area contributed by atoms with Crippen molar-refractivity contribution in [2.75, 3.05) is 11.9 Å². The van der Waals surface area contributed by atoms with Gasteiger partial charge in [0.25, 0.3) is 5.91 Å². The number of ether oxygens (including phenoxy) is 2. The monoisotopic (exact) mass is 384 g/mol. The number of hydrogen-bond donors (Lipinski definition) is 1. The number of benzene rings is 2. The molecule has 0 aliphatic carbocycles. The highest BCUT2D eigenvalue weighted by Crippen LogP contribution is 2.29. The third kappa shape index (κ3) is 5.87. The van der Waals surface area contributed by atoms with Crippen LogP contribution in [0.1, 0.15) is 19.4 Å². The molecule has 0 radical (unpaired) electrons. The molecular weight excluding hydrogens is 368 g/mol. The minimum atomic E-state index is -0.554. The van der Waals surface area contributed by atoms with Crippen LogP contribution >= 0.6 is 11.6 Å². The zero-order chi connectivity index (χ0) is 19.8. The summed E-state index contributed by atoms with van der Waals surface area (Å²) >= 11 is 5.81. The molecule has 0 atom stereocenters. The molecular formula is C20H17ClN2O4. The van der Waals surface area contributed by atoms with E-state index in [9.17, 15) is 14.9 Å². The standard InChI is InChI=1S/C20H17ClN2O4/c1-3-26-19-11-14(4-9-18(19)27-13(2)24)10-15(12-22)20(25)23-17-7-5-16(21)6-8-17/h4-11H,3H2,1-2H3,(H,23,25). The van der Waals surface area contributed by atoms with Crippen LogP contribution < -0.4 is 14.8 Å². The van der Waals surface area contributed by atoms with Crippen molar-refractivity contribution < 1.29 is 19.1 Å². The predicted octanol–water partition coefficient (Wildman–Crippen LogP) is 4.21. The molecule has 138 valence electrons. The summed E-state index contributed by atoms with van der Waals surface area (Å²) in [5.41, 5.74) is 0.982. The van der Waals surface area contributed by atoms with Gasteiger partial charge < -0.3 is 14.8 Å². The van der Waals surface area contributed by atoms with Crippen molar-refractivity contribution in [2.24, 2.45) is 0 Å². The summed E-state index contributed by atoms with van der Waals surface area (Å²) in [7, 11) is 0. The summed E-state index contributed by atoms with van der Waals surface area (Å²) < 4.78 is 10.5. The van der Waals surface area contributed by atoms with Crippen LogP contribution in [0.3, 0.4) is 0 Å². The molecule has 0 aromatic heterocycles. The van der Waals surface area contributed by atoms with Crippen molar-refractivity contribution in [1.29, 1.82) is 5.26 Å². The lowest BCUT2D eigenvalue weighted by Crippen LogP contribution is -2.13. The van der Waals surface area contributed by atoms with E-state index in [4.69, 9.17) is 21.1 Å². The second kappa shape index (κ2) is 9.41. The van der Waals surface area contributed by atoms with Crippen molar-refractivity contribution in [3.63, 3.8) is 0 Å². The van der Waals surface area contributed by atoms with Gasteiger partial charge >= 0.3 is 5.97 Å². The Balaban J connectivity index is 2.26. The minimum Gasteiger partial charge on any atom is -0.490 e. The Bertz CT molecular complexity index is 915. The van der Waals surface area contributed by atoms with Crippen LogP contribution in [0.5, 0.6) is 11.5 Å². The Morgan fingerprint density at radius 2 is 1.89 bits per heavy atom. The summed E-state index contributed by atoms with van der Waals surface area (Å²) in [6.07, 6.45) is 1.42. The zero-order valence-electron chi connectivity index (χ0n) is 14.8.